The van der Waals surface area contributed by atoms with Crippen molar-refractivity contribution in [1.29, 1.82) is 0 Å². The van der Waals surface area contributed by atoms with Gasteiger partial charge in [0.25, 0.3) is 5.91 Å². The van der Waals surface area contributed by atoms with Crippen LogP contribution >= 0.6 is 0 Å². The second kappa shape index (κ2) is 11.2. The van der Waals surface area contributed by atoms with Crippen molar-refractivity contribution in [3.8, 4) is 0 Å². The van der Waals surface area contributed by atoms with Crippen molar-refractivity contribution in [2.45, 2.75) is 105 Å². The van der Waals surface area contributed by atoms with Gasteiger partial charge in [-0.15, -0.1) is 0 Å². The molecule has 0 aliphatic heterocycles. The number of hydrazine groups is 1. The van der Waals surface area contributed by atoms with Crippen LogP contribution in [0.1, 0.15) is 115 Å². The molecule has 1 heterocycles. The van der Waals surface area contributed by atoms with Crippen molar-refractivity contribution in [2.24, 2.45) is 51.2 Å². The van der Waals surface area contributed by atoms with Crippen molar-refractivity contribution in [2.75, 3.05) is 0 Å². The highest BCUT2D eigenvalue weighted by Crippen LogP contribution is 2.75. The molecule has 0 radical (unpaired) electrons. The Labute approximate surface area is 297 Å². The number of allylic oxidation sites excluding steroid dienone is 2. The number of hydrogen-bond acceptors (Lipinski definition) is 3. The van der Waals surface area contributed by atoms with Gasteiger partial charge >= 0.3 is 0 Å². The molecule has 0 bridgehead atoms. The van der Waals surface area contributed by atoms with Gasteiger partial charge in [0, 0.05) is 16.4 Å². The quantitative estimate of drug-likeness (QED) is 0.210. The van der Waals surface area contributed by atoms with Crippen molar-refractivity contribution in [1.82, 2.24) is 15.8 Å². The van der Waals surface area contributed by atoms with Gasteiger partial charge in [0.1, 0.15) is 5.82 Å². The molecule has 3 aromatic rings. The zero-order valence-electron chi connectivity index (χ0n) is 31.0. The van der Waals surface area contributed by atoms with Gasteiger partial charge in [-0.25, -0.2) is 4.39 Å². The number of carbonyl (C=O) groups excluding carboxylic acids is 2. The van der Waals surface area contributed by atoms with Crippen molar-refractivity contribution in [3.05, 3.63) is 88.9 Å². The van der Waals surface area contributed by atoms with Crippen molar-refractivity contribution < 1.29 is 14.0 Å². The second-order valence-electron chi connectivity index (χ2n) is 18.3. The van der Waals surface area contributed by atoms with E-state index in [1.807, 2.05) is 24.3 Å². The Bertz CT molecular complexity index is 1920. The number of carbonyl (C=O) groups is 2. The number of rotatable bonds is 2. The number of hydrogen-bond donors (Lipinski definition) is 2. The zero-order chi connectivity index (χ0) is 35.4. The third-order valence-electron chi connectivity index (χ3n) is 15.9. The molecule has 3 fully saturated rings. The van der Waals surface area contributed by atoms with Crippen LogP contribution in [0.25, 0.3) is 10.9 Å². The molecular weight excluding hydrogens is 622 g/mol. The Balaban J connectivity index is 1.16. The number of halogens is 1. The average molecular weight is 676 g/mol. The van der Waals surface area contributed by atoms with E-state index in [9.17, 15) is 14.0 Å². The van der Waals surface area contributed by atoms with Crippen LogP contribution in [0.3, 0.4) is 0 Å². The maximum Gasteiger partial charge on any atom is 0.269 e. The number of fused-ring (bicyclic) bond motifs is 9. The lowest BCUT2D eigenvalue weighted by atomic mass is 9.33. The Morgan fingerprint density at radius 2 is 1.62 bits per heavy atom. The minimum atomic E-state index is -0.542. The van der Waals surface area contributed by atoms with Crippen LogP contribution in [0.5, 0.6) is 0 Å². The molecule has 9 atom stereocenters. The molecule has 50 heavy (non-hydrogen) atoms. The first-order valence-corrected chi connectivity index (χ1v) is 19.1. The molecule has 2 aromatic carbocycles. The van der Waals surface area contributed by atoms with Crippen LogP contribution in [0, 0.1) is 57.1 Å². The molecular formula is C44H54FN3O2. The molecule has 5 aliphatic carbocycles. The summed E-state index contributed by atoms with van der Waals surface area (Å²) in [5, 5.41) is 0.889. The number of aromatic nitrogens is 1. The van der Waals surface area contributed by atoms with Gasteiger partial charge in [-0.05, 0) is 139 Å². The average Bonchev–Trinajstić information content (AvgIpc) is 3.08. The fourth-order valence-electron chi connectivity index (χ4n) is 13.0. The normalized spacial score (nSPS) is 38.3. The lowest BCUT2D eigenvalue weighted by molar-refractivity contribution is -0.170. The van der Waals surface area contributed by atoms with E-state index < -0.39 is 5.41 Å². The van der Waals surface area contributed by atoms with E-state index in [4.69, 9.17) is 4.98 Å². The molecule has 264 valence electrons. The van der Waals surface area contributed by atoms with E-state index >= 15 is 0 Å². The lowest BCUT2D eigenvalue weighted by Crippen LogP contribution is -2.66. The Morgan fingerprint density at radius 1 is 0.860 bits per heavy atom. The van der Waals surface area contributed by atoms with E-state index in [0.717, 1.165) is 62.3 Å². The zero-order valence-corrected chi connectivity index (χ0v) is 31.0. The highest BCUT2D eigenvalue weighted by molar-refractivity contribution is 5.96. The summed E-state index contributed by atoms with van der Waals surface area (Å²) >= 11 is 0. The summed E-state index contributed by atoms with van der Waals surface area (Å²) in [4.78, 5) is 32.6. The largest absolute Gasteiger partial charge is 0.273 e. The number of nitrogens with one attached hydrogen (secondary N) is 2. The van der Waals surface area contributed by atoms with Gasteiger partial charge in [-0.1, -0.05) is 78.3 Å². The third kappa shape index (κ3) is 4.51. The number of amides is 2. The smallest absolute Gasteiger partial charge is 0.269 e. The minimum absolute atomic E-state index is 0.0294. The summed E-state index contributed by atoms with van der Waals surface area (Å²) < 4.78 is 14.4. The summed E-state index contributed by atoms with van der Waals surface area (Å²) in [6.07, 6.45) is 10.5. The fourth-order valence-corrected chi connectivity index (χ4v) is 13.0. The first-order chi connectivity index (χ1) is 23.7. The van der Waals surface area contributed by atoms with Gasteiger partial charge in [-0.2, -0.15) is 0 Å². The molecule has 6 heteroatoms. The van der Waals surface area contributed by atoms with Crippen LogP contribution in [0.4, 0.5) is 4.39 Å². The second-order valence-corrected chi connectivity index (χ2v) is 18.3. The fraction of sp³-hybridized carbons (Fsp3) is 0.568. The lowest BCUT2D eigenvalue weighted by Gasteiger charge is -2.71. The predicted molar refractivity (Wildman–Crippen MR) is 196 cm³/mol. The SMILES string of the molecule is C[C@H]1[C@H](C)CC[C@]2(C(=O)NNC(=O)c3ccccc3)CC[C@]3(C)C(=CC[C@@H]4[C@@]5(C)Cc6cc7cc(F)ccc7nc6C(C)(C)[C@@H]5CC[C@]43C)[C@H]12. The van der Waals surface area contributed by atoms with Crippen LogP contribution in [0.15, 0.2) is 66.2 Å². The summed E-state index contributed by atoms with van der Waals surface area (Å²) in [5.41, 5.74) is 10.5. The maximum absolute atomic E-state index is 14.4. The van der Waals surface area contributed by atoms with E-state index in [1.54, 1.807) is 18.2 Å². The molecule has 0 unspecified atom stereocenters. The Morgan fingerprint density at radius 3 is 2.38 bits per heavy atom. The maximum atomic E-state index is 14.4. The van der Waals surface area contributed by atoms with Gasteiger partial charge in [0.2, 0.25) is 5.91 Å². The highest BCUT2D eigenvalue weighted by atomic mass is 19.1. The first kappa shape index (κ1) is 33.6. The molecule has 0 saturated heterocycles. The predicted octanol–water partition coefficient (Wildman–Crippen LogP) is 9.51. The van der Waals surface area contributed by atoms with Gasteiger partial charge < -0.3 is 0 Å². The summed E-state index contributed by atoms with van der Waals surface area (Å²) in [7, 11) is 0. The third-order valence-corrected chi connectivity index (χ3v) is 15.9. The Hall–Kier alpha value is -3.54. The minimum Gasteiger partial charge on any atom is -0.273 e. The van der Waals surface area contributed by atoms with E-state index in [-0.39, 0.29) is 45.2 Å². The first-order valence-electron chi connectivity index (χ1n) is 19.1. The van der Waals surface area contributed by atoms with Gasteiger partial charge in [-0.3, -0.25) is 25.4 Å². The molecule has 5 aliphatic rings. The van der Waals surface area contributed by atoms with Gasteiger partial charge in [0.15, 0.2) is 0 Å². The molecule has 2 amide bonds. The van der Waals surface area contributed by atoms with Crippen LogP contribution < -0.4 is 10.9 Å². The van der Waals surface area contributed by atoms with Crippen LogP contribution in [0.2, 0.25) is 0 Å². The van der Waals surface area contributed by atoms with E-state index in [0.29, 0.717) is 29.2 Å². The summed E-state index contributed by atoms with van der Waals surface area (Å²) in [5.74, 6) is 1.44. The number of pyridine rings is 1. The van der Waals surface area contributed by atoms with Crippen molar-refractivity contribution >= 4 is 22.7 Å². The van der Waals surface area contributed by atoms with Crippen molar-refractivity contribution in [3.63, 3.8) is 0 Å². The molecule has 8 rings (SSSR count). The molecule has 2 N–H and O–H groups in total. The molecule has 5 nitrogen and oxygen atoms in total. The molecule has 3 saturated carbocycles. The number of nitrogens with zero attached hydrogens (tertiary/aromatic N) is 1. The summed E-state index contributed by atoms with van der Waals surface area (Å²) in [6, 6.07) is 16.3. The summed E-state index contributed by atoms with van der Waals surface area (Å²) in [6.45, 7) is 17.2. The Kier molecular flexibility index (Phi) is 7.54. The van der Waals surface area contributed by atoms with E-state index in [2.05, 4.69) is 71.5 Å². The van der Waals surface area contributed by atoms with Gasteiger partial charge in [0.05, 0.1) is 16.6 Å². The topological polar surface area (TPSA) is 71.1 Å². The monoisotopic (exact) mass is 675 g/mol. The van der Waals surface area contributed by atoms with E-state index in [1.165, 1.54) is 22.9 Å². The van der Waals surface area contributed by atoms with Crippen LogP contribution in [-0.2, 0) is 16.6 Å². The molecule has 1 aromatic heterocycles. The molecule has 0 spiro atoms. The standard InChI is InChI=1S/C44H54FN3O2/c1-26-17-20-44(39(50)48-47-38(49)28-11-9-8-10-12-28)22-21-42(6)32(36(44)27(26)2)14-16-35-41(5)25-30-23-29-24-31(45)13-15-33(29)46-37(30)40(3,4)34(41)18-19-43(35,42)7/h8-15,23-24,26-27,34-36H,16-22,25H2,1-7H3,(H,47,49)(H,48,50)/t26-,27+,34+,35-,36+,41+,42-,43-,44+/m1/s1. The number of benzene rings is 2. The highest BCUT2D eigenvalue weighted by Gasteiger charge is 2.69. The van der Waals surface area contributed by atoms with Crippen LogP contribution in [-0.4, -0.2) is 16.8 Å².